The van der Waals surface area contributed by atoms with E-state index in [1.807, 2.05) is 84.5 Å². The molecule has 0 saturated carbocycles. The zero-order valence-corrected chi connectivity index (χ0v) is 20.7. The van der Waals surface area contributed by atoms with E-state index in [4.69, 9.17) is 16.7 Å². The maximum Gasteiger partial charge on any atom is 0.322 e. The van der Waals surface area contributed by atoms with E-state index in [0.29, 0.717) is 17.3 Å². The molecule has 0 radical (unpaired) electrons. The number of rotatable bonds is 3. The van der Waals surface area contributed by atoms with Crippen molar-refractivity contribution in [3.8, 4) is 11.5 Å². The van der Waals surface area contributed by atoms with Crippen molar-refractivity contribution in [1.82, 2.24) is 19.2 Å². The number of carbonyl (C=O) groups excluding carboxylic acids is 1. The van der Waals surface area contributed by atoms with Gasteiger partial charge in [-0.2, -0.15) is 5.10 Å². The van der Waals surface area contributed by atoms with Gasteiger partial charge in [-0.1, -0.05) is 48.0 Å². The molecule has 0 unspecified atom stereocenters. The van der Waals surface area contributed by atoms with E-state index in [1.165, 1.54) is 12.1 Å². The zero-order valence-electron chi connectivity index (χ0n) is 20.0. The predicted octanol–water partition coefficient (Wildman–Crippen LogP) is 6.90. The van der Waals surface area contributed by atoms with Gasteiger partial charge in [0.1, 0.15) is 11.6 Å². The molecule has 0 spiro atoms. The highest BCUT2D eigenvalue weighted by Crippen LogP contribution is 2.39. The third kappa shape index (κ3) is 4.17. The van der Waals surface area contributed by atoms with Crippen LogP contribution in [0.15, 0.2) is 97.2 Å². The van der Waals surface area contributed by atoms with Crippen LogP contribution in [0.1, 0.15) is 28.6 Å². The third-order valence-corrected chi connectivity index (χ3v) is 6.86. The van der Waals surface area contributed by atoms with Crippen molar-refractivity contribution < 1.29 is 9.18 Å². The van der Waals surface area contributed by atoms with Crippen LogP contribution in [0.3, 0.4) is 0 Å². The maximum absolute atomic E-state index is 13.9. The highest BCUT2D eigenvalue weighted by atomic mass is 35.5. The number of benzene rings is 3. The number of hydrogen-bond acceptors (Lipinski definition) is 2. The van der Waals surface area contributed by atoms with Crippen LogP contribution in [0.25, 0.3) is 11.5 Å². The second-order valence-corrected chi connectivity index (χ2v) is 9.40. The van der Waals surface area contributed by atoms with Crippen molar-refractivity contribution in [2.75, 3.05) is 5.32 Å². The first-order valence-corrected chi connectivity index (χ1v) is 12.3. The summed E-state index contributed by atoms with van der Waals surface area (Å²) < 4.78 is 17.9. The van der Waals surface area contributed by atoms with E-state index >= 15 is 0 Å². The van der Waals surface area contributed by atoms with Crippen molar-refractivity contribution in [3.05, 3.63) is 131 Å². The van der Waals surface area contributed by atoms with E-state index in [0.717, 1.165) is 34.0 Å². The molecule has 0 bridgehead atoms. The van der Waals surface area contributed by atoms with Crippen LogP contribution in [0.4, 0.5) is 14.9 Å². The Balaban J connectivity index is 1.53. The van der Waals surface area contributed by atoms with Gasteiger partial charge in [0.25, 0.3) is 0 Å². The summed E-state index contributed by atoms with van der Waals surface area (Å²) in [4.78, 5) is 15.6. The van der Waals surface area contributed by atoms with Gasteiger partial charge in [0, 0.05) is 22.5 Å². The van der Waals surface area contributed by atoms with Gasteiger partial charge in [0.2, 0.25) is 0 Å². The molecule has 1 aliphatic rings. The summed E-state index contributed by atoms with van der Waals surface area (Å²) in [5.41, 5.74) is 4.85. The number of anilines is 1. The average Bonchev–Trinajstić information content (AvgIpc) is 3.46. The van der Waals surface area contributed by atoms with Crippen molar-refractivity contribution >= 4 is 23.3 Å². The topological polar surface area (TPSA) is 55.1 Å². The molecule has 37 heavy (non-hydrogen) atoms. The summed E-state index contributed by atoms with van der Waals surface area (Å²) in [6, 6.07) is 26.5. The summed E-state index contributed by atoms with van der Waals surface area (Å²) >= 11 is 6.20. The van der Waals surface area contributed by atoms with Gasteiger partial charge in [0.05, 0.1) is 29.7 Å². The van der Waals surface area contributed by atoms with Gasteiger partial charge >= 0.3 is 6.03 Å². The number of nitrogens with one attached hydrogen (secondary N) is 1. The lowest BCUT2D eigenvalue weighted by Crippen LogP contribution is -2.38. The number of carbonyl (C=O) groups is 1. The highest BCUT2D eigenvalue weighted by Gasteiger charge is 2.36. The van der Waals surface area contributed by atoms with Crippen molar-refractivity contribution in [2.45, 2.75) is 19.5 Å². The number of aryl methyl sites for hydroxylation is 1. The Bertz CT molecular complexity index is 1590. The number of fused-ring (bicyclic) bond motifs is 3. The van der Waals surface area contributed by atoms with Crippen LogP contribution in [-0.2, 0) is 6.54 Å². The Morgan fingerprint density at radius 1 is 1.00 bits per heavy atom. The molecule has 1 N–H and O–H groups in total. The van der Waals surface area contributed by atoms with Crippen LogP contribution in [0.5, 0.6) is 0 Å². The lowest BCUT2D eigenvalue weighted by molar-refractivity contribution is 0.194. The number of halogens is 2. The molecule has 3 heterocycles. The standard InChI is InChI=1S/C29H23ClFN5O/c1-19-25-18-35(29(37)32-23-8-5-7-22(31)17-23)27(20-12-14-21(30)15-13-20)26-11-6-16-34(26)28(25)36(33-19)24-9-3-2-4-10-24/h2-17,27H,18H2,1H3,(H,32,37)/t27-/m0/s1. The van der Waals surface area contributed by atoms with E-state index in [2.05, 4.69) is 9.88 Å². The molecule has 2 aromatic heterocycles. The van der Waals surface area contributed by atoms with Crippen LogP contribution >= 0.6 is 11.6 Å². The fourth-order valence-corrected chi connectivity index (χ4v) is 5.03. The molecule has 0 fully saturated rings. The first-order chi connectivity index (χ1) is 18.0. The normalized spacial score (nSPS) is 14.6. The number of aromatic nitrogens is 3. The molecule has 8 heteroatoms. The Hall–Kier alpha value is -4.36. The minimum Gasteiger partial charge on any atom is -0.308 e. The molecule has 0 saturated heterocycles. The average molecular weight is 512 g/mol. The number of amides is 2. The second kappa shape index (κ2) is 9.26. The Morgan fingerprint density at radius 2 is 1.78 bits per heavy atom. The van der Waals surface area contributed by atoms with Gasteiger partial charge in [-0.15, -0.1) is 0 Å². The Morgan fingerprint density at radius 3 is 2.54 bits per heavy atom. The molecule has 0 aliphatic carbocycles. The quantitative estimate of drug-likeness (QED) is 0.286. The molecule has 3 aromatic carbocycles. The van der Waals surface area contributed by atoms with E-state index < -0.39 is 11.9 Å². The number of para-hydroxylation sites is 1. The second-order valence-electron chi connectivity index (χ2n) is 8.96. The van der Waals surface area contributed by atoms with E-state index in [9.17, 15) is 9.18 Å². The van der Waals surface area contributed by atoms with Crippen LogP contribution in [0.2, 0.25) is 5.02 Å². The molecule has 6 rings (SSSR count). The first kappa shape index (κ1) is 23.1. The first-order valence-electron chi connectivity index (χ1n) is 11.9. The maximum atomic E-state index is 13.9. The molecule has 5 aromatic rings. The van der Waals surface area contributed by atoms with Crippen LogP contribution in [-0.4, -0.2) is 25.3 Å². The summed E-state index contributed by atoms with van der Waals surface area (Å²) in [5, 5.41) is 8.35. The molecule has 184 valence electrons. The SMILES string of the molecule is Cc1nn(-c2ccccc2)c2c1CN(C(=O)Nc1cccc(F)c1)[C@@H](c1ccc(Cl)cc1)c1cccn1-2. The van der Waals surface area contributed by atoms with E-state index in [-0.39, 0.29) is 6.03 Å². The third-order valence-electron chi connectivity index (χ3n) is 6.61. The van der Waals surface area contributed by atoms with Crippen molar-refractivity contribution in [2.24, 2.45) is 0 Å². The largest absolute Gasteiger partial charge is 0.322 e. The van der Waals surface area contributed by atoms with Crippen LogP contribution in [0, 0.1) is 12.7 Å². The Kier molecular flexibility index (Phi) is 5.77. The fraction of sp³-hybridized carbons (Fsp3) is 0.103. The molecule has 2 amide bonds. The zero-order chi connectivity index (χ0) is 25.5. The van der Waals surface area contributed by atoms with Gasteiger partial charge in [-0.25, -0.2) is 13.9 Å². The minimum absolute atomic E-state index is 0.296. The van der Waals surface area contributed by atoms with E-state index in [1.54, 1.807) is 17.0 Å². The van der Waals surface area contributed by atoms with Gasteiger partial charge in [-0.3, -0.25) is 0 Å². The van der Waals surface area contributed by atoms with Gasteiger partial charge < -0.3 is 14.8 Å². The number of hydrogen-bond donors (Lipinski definition) is 1. The Labute approximate surface area is 218 Å². The van der Waals surface area contributed by atoms with Gasteiger partial charge in [-0.05, 0) is 67.1 Å². The van der Waals surface area contributed by atoms with Crippen molar-refractivity contribution in [3.63, 3.8) is 0 Å². The summed E-state index contributed by atoms with van der Waals surface area (Å²) in [7, 11) is 0. The smallest absolute Gasteiger partial charge is 0.308 e. The molecular formula is C29H23ClFN5O. The lowest BCUT2D eigenvalue weighted by atomic mass is 10.0. The molecular weight excluding hydrogens is 489 g/mol. The monoisotopic (exact) mass is 511 g/mol. The molecule has 1 atom stereocenters. The summed E-state index contributed by atoms with van der Waals surface area (Å²) in [6.07, 6.45) is 1.99. The van der Waals surface area contributed by atoms with Crippen LogP contribution < -0.4 is 5.32 Å². The molecule has 1 aliphatic heterocycles. The number of urea groups is 1. The predicted molar refractivity (Wildman–Crippen MR) is 142 cm³/mol. The molecule has 6 nitrogen and oxygen atoms in total. The lowest BCUT2D eigenvalue weighted by Gasteiger charge is -2.31. The van der Waals surface area contributed by atoms with Gasteiger partial charge in [0.15, 0.2) is 0 Å². The fourth-order valence-electron chi connectivity index (χ4n) is 4.91. The minimum atomic E-state index is -0.433. The van der Waals surface area contributed by atoms with Crippen molar-refractivity contribution in [1.29, 1.82) is 0 Å². The summed E-state index contributed by atoms with van der Waals surface area (Å²) in [6.45, 7) is 2.25. The summed E-state index contributed by atoms with van der Waals surface area (Å²) in [5.74, 6) is 0.461. The number of nitrogens with zero attached hydrogens (tertiary/aromatic N) is 4. The highest BCUT2D eigenvalue weighted by molar-refractivity contribution is 6.30.